The minimum absolute atomic E-state index is 0.0119. The molecule has 9 nitrogen and oxygen atoms in total. The summed E-state index contributed by atoms with van der Waals surface area (Å²) in [7, 11) is -3.68. The molecule has 0 aromatic heterocycles. The summed E-state index contributed by atoms with van der Waals surface area (Å²) in [6.45, 7) is 3.89. The first-order valence-corrected chi connectivity index (χ1v) is 16.5. The van der Waals surface area contributed by atoms with E-state index in [0.717, 1.165) is 11.8 Å². The van der Waals surface area contributed by atoms with E-state index >= 15 is 0 Å². The molecule has 1 aliphatic rings. The van der Waals surface area contributed by atoms with E-state index in [4.69, 9.17) is 32.7 Å². The van der Waals surface area contributed by atoms with Crippen molar-refractivity contribution in [2.75, 3.05) is 23.9 Å². The number of halogens is 2. The third-order valence-corrected chi connectivity index (χ3v) is 8.64. The van der Waals surface area contributed by atoms with Crippen LogP contribution < -0.4 is 19.1 Å². The summed E-state index contributed by atoms with van der Waals surface area (Å²) in [6.07, 6.45) is 1.58. The Labute approximate surface area is 262 Å². The Bertz CT molecular complexity index is 1550. The average molecular weight is 649 g/mol. The van der Waals surface area contributed by atoms with Crippen LogP contribution in [0.15, 0.2) is 66.7 Å². The first kappa shape index (κ1) is 32.4. The van der Waals surface area contributed by atoms with Crippen molar-refractivity contribution < 1.29 is 27.5 Å². The van der Waals surface area contributed by atoms with E-state index in [1.165, 1.54) is 9.21 Å². The molecule has 43 heavy (non-hydrogen) atoms. The van der Waals surface area contributed by atoms with E-state index in [-0.39, 0.29) is 57.0 Å². The summed E-state index contributed by atoms with van der Waals surface area (Å²) in [6, 6.07) is 18.4. The van der Waals surface area contributed by atoms with E-state index in [1.54, 1.807) is 36.4 Å². The van der Waals surface area contributed by atoms with E-state index < -0.39 is 16.1 Å². The number of sulfonamides is 1. The number of nitrogens with zero attached hydrogens (tertiary/aromatic N) is 2. The summed E-state index contributed by atoms with van der Waals surface area (Å²) in [5, 5.41) is 3.77. The molecule has 1 unspecified atom stereocenters. The number of carbonyl (C=O) groups is 2. The zero-order chi connectivity index (χ0) is 31.1. The van der Waals surface area contributed by atoms with Gasteiger partial charge in [0.25, 0.3) is 0 Å². The standard InChI is InChI=1S/C31H35Cl2N3O6S/c1-21(2)34-31(38)27(16-22-8-5-4-6-9-22)35(19-23-11-12-24(32)17-26(23)33)30(37)10-7-15-36(43(3,39)40)25-13-14-28-29(18-25)42-20-41-28/h4-6,8-9,11-14,17-18,21,27H,7,10,15-16,19-20H2,1-3H3,(H,34,38). The first-order valence-electron chi connectivity index (χ1n) is 13.9. The fourth-order valence-electron chi connectivity index (χ4n) is 4.81. The molecule has 4 rings (SSSR count). The number of hydrogen-bond donors (Lipinski definition) is 1. The molecule has 3 aromatic carbocycles. The number of amides is 2. The molecule has 1 N–H and O–H groups in total. The molecule has 3 aromatic rings. The number of ether oxygens (including phenoxy) is 2. The van der Waals surface area contributed by atoms with Gasteiger partial charge in [0.15, 0.2) is 11.5 Å². The lowest BCUT2D eigenvalue weighted by Crippen LogP contribution is -2.51. The number of fused-ring (bicyclic) bond motifs is 1. The maximum atomic E-state index is 13.9. The normalized spacial score (nSPS) is 13.1. The Morgan fingerprint density at radius 3 is 2.37 bits per heavy atom. The molecule has 0 spiro atoms. The highest BCUT2D eigenvalue weighted by Crippen LogP contribution is 2.36. The van der Waals surface area contributed by atoms with Gasteiger partial charge in [-0.05, 0) is 55.7 Å². The van der Waals surface area contributed by atoms with Crippen molar-refractivity contribution in [2.45, 2.75) is 51.7 Å². The Hall–Kier alpha value is -3.47. The first-order chi connectivity index (χ1) is 20.4. The predicted molar refractivity (Wildman–Crippen MR) is 168 cm³/mol. The summed E-state index contributed by atoms with van der Waals surface area (Å²) >= 11 is 12.6. The highest BCUT2D eigenvalue weighted by atomic mass is 35.5. The highest BCUT2D eigenvalue weighted by molar-refractivity contribution is 7.92. The zero-order valence-electron chi connectivity index (χ0n) is 24.3. The molecular weight excluding hydrogens is 613 g/mol. The quantitative estimate of drug-likeness (QED) is 0.265. The SMILES string of the molecule is CC(C)NC(=O)C(Cc1ccccc1)N(Cc1ccc(Cl)cc1Cl)C(=O)CCCN(c1ccc2c(c1)OCO2)S(C)(=O)=O. The molecule has 2 amide bonds. The predicted octanol–water partition coefficient (Wildman–Crippen LogP) is 5.43. The number of carbonyl (C=O) groups excluding carboxylic acids is 2. The molecule has 1 heterocycles. The van der Waals surface area contributed by atoms with Crippen LogP contribution in [0.5, 0.6) is 11.5 Å². The number of anilines is 1. The zero-order valence-corrected chi connectivity index (χ0v) is 26.6. The molecule has 1 aliphatic heterocycles. The lowest BCUT2D eigenvalue weighted by atomic mass is 10.0. The molecule has 1 atom stereocenters. The summed E-state index contributed by atoms with van der Waals surface area (Å²) in [5.74, 6) is 0.376. The van der Waals surface area contributed by atoms with Gasteiger partial charge in [0, 0.05) is 48.1 Å². The molecule has 0 aliphatic carbocycles. The van der Waals surface area contributed by atoms with Gasteiger partial charge in [-0.1, -0.05) is 59.6 Å². The van der Waals surface area contributed by atoms with Gasteiger partial charge in [0.1, 0.15) is 6.04 Å². The van der Waals surface area contributed by atoms with Crippen LogP contribution in [0.25, 0.3) is 0 Å². The van der Waals surface area contributed by atoms with Crippen molar-refractivity contribution >= 4 is 50.7 Å². The van der Waals surface area contributed by atoms with Gasteiger partial charge >= 0.3 is 0 Å². The minimum atomic E-state index is -3.68. The Morgan fingerprint density at radius 1 is 0.977 bits per heavy atom. The topological polar surface area (TPSA) is 105 Å². The molecule has 0 bridgehead atoms. The van der Waals surface area contributed by atoms with Gasteiger partial charge in [0.05, 0.1) is 11.9 Å². The van der Waals surface area contributed by atoms with Crippen LogP contribution in [-0.4, -0.2) is 56.8 Å². The van der Waals surface area contributed by atoms with Crippen LogP contribution in [-0.2, 0) is 32.6 Å². The summed E-state index contributed by atoms with van der Waals surface area (Å²) in [5.41, 5.74) is 1.92. The monoisotopic (exact) mass is 647 g/mol. The minimum Gasteiger partial charge on any atom is -0.454 e. The van der Waals surface area contributed by atoms with Crippen LogP contribution in [0, 0.1) is 0 Å². The number of hydrogen-bond acceptors (Lipinski definition) is 6. The second kappa shape index (κ2) is 14.3. The molecule has 12 heteroatoms. The van der Waals surface area contributed by atoms with Crippen molar-refractivity contribution in [1.82, 2.24) is 10.2 Å². The van der Waals surface area contributed by atoms with Crippen LogP contribution >= 0.6 is 23.2 Å². The van der Waals surface area contributed by atoms with Crippen LogP contribution in [0.4, 0.5) is 5.69 Å². The maximum Gasteiger partial charge on any atom is 0.243 e. The smallest absolute Gasteiger partial charge is 0.243 e. The molecule has 0 fully saturated rings. The van der Waals surface area contributed by atoms with E-state index in [2.05, 4.69) is 5.32 Å². The Morgan fingerprint density at radius 2 is 1.70 bits per heavy atom. The summed E-state index contributed by atoms with van der Waals surface area (Å²) < 4.78 is 37.4. The summed E-state index contributed by atoms with van der Waals surface area (Å²) in [4.78, 5) is 29.0. The highest BCUT2D eigenvalue weighted by Gasteiger charge is 2.31. The second-order valence-electron chi connectivity index (χ2n) is 10.6. The van der Waals surface area contributed by atoms with Gasteiger partial charge in [0.2, 0.25) is 28.6 Å². The van der Waals surface area contributed by atoms with Gasteiger partial charge in [-0.15, -0.1) is 0 Å². The lowest BCUT2D eigenvalue weighted by Gasteiger charge is -2.32. The fraction of sp³-hybridized carbons (Fsp3) is 0.355. The van der Waals surface area contributed by atoms with Gasteiger partial charge in [-0.25, -0.2) is 8.42 Å². The van der Waals surface area contributed by atoms with Crippen LogP contribution in [0.1, 0.15) is 37.8 Å². The molecular formula is C31H35Cl2N3O6S. The van der Waals surface area contributed by atoms with E-state index in [0.29, 0.717) is 32.8 Å². The third kappa shape index (κ3) is 8.78. The van der Waals surface area contributed by atoms with E-state index in [1.807, 2.05) is 44.2 Å². The second-order valence-corrected chi connectivity index (χ2v) is 13.4. The van der Waals surface area contributed by atoms with Crippen LogP contribution in [0.3, 0.4) is 0 Å². The number of benzene rings is 3. The number of rotatable bonds is 13. The molecule has 0 saturated carbocycles. The Balaban J connectivity index is 1.59. The van der Waals surface area contributed by atoms with Gasteiger partial charge in [-0.3, -0.25) is 13.9 Å². The van der Waals surface area contributed by atoms with Crippen molar-refractivity contribution in [1.29, 1.82) is 0 Å². The third-order valence-electron chi connectivity index (χ3n) is 6.85. The molecule has 230 valence electrons. The van der Waals surface area contributed by atoms with Crippen molar-refractivity contribution in [2.24, 2.45) is 0 Å². The van der Waals surface area contributed by atoms with Crippen molar-refractivity contribution in [3.05, 3.63) is 87.9 Å². The van der Waals surface area contributed by atoms with Gasteiger partial charge < -0.3 is 19.7 Å². The molecule has 0 radical (unpaired) electrons. The number of nitrogens with one attached hydrogen (secondary N) is 1. The Kier molecular flexibility index (Phi) is 10.8. The van der Waals surface area contributed by atoms with Crippen molar-refractivity contribution in [3.63, 3.8) is 0 Å². The fourth-order valence-corrected chi connectivity index (χ4v) is 6.24. The average Bonchev–Trinajstić information content (AvgIpc) is 3.41. The van der Waals surface area contributed by atoms with Crippen LogP contribution in [0.2, 0.25) is 10.0 Å². The van der Waals surface area contributed by atoms with Gasteiger partial charge in [-0.2, -0.15) is 0 Å². The molecule has 0 saturated heterocycles. The largest absolute Gasteiger partial charge is 0.454 e. The van der Waals surface area contributed by atoms with E-state index in [9.17, 15) is 18.0 Å². The lowest BCUT2D eigenvalue weighted by molar-refractivity contribution is -0.141. The van der Waals surface area contributed by atoms with Crippen molar-refractivity contribution in [3.8, 4) is 11.5 Å². The maximum absolute atomic E-state index is 13.9.